The molecule has 0 aliphatic heterocycles. The maximum atomic E-state index is 2.50. The van der Waals surface area contributed by atoms with Crippen molar-refractivity contribution in [1.29, 1.82) is 0 Å². The van der Waals surface area contributed by atoms with Gasteiger partial charge in [-0.1, -0.05) is 31.1 Å². The van der Waals surface area contributed by atoms with Crippen molar-refractivity contribution >= 4 is 45.2 Å². The number of rotatable bonds is 0. The van der Waals surface area contributed by atoms with E-state index in [0.717, 1.165) is 0 Å². The lowest BCUT2D eigenvalue weighted by atomic mass is 9.77. The molecule has 3 aliphatic carbocycles. The average Bonchev–Trinajstić information content (AvgIpc) is 2.49. The molecular weight excluding hydrogens is 434 g/mol. The molecule has 0 aromatic heterocycles. The van der Waals surface area contributed by atoms with Gasteiger partial charge in [0.15, 0.2) is 0 Å². The van der Waals surface area contributed by atoms with Crippen LogP contribution in [0.2, 0.25) is 0 Å². The molecule has 2 heteroatoms. The fourth-order valence-corrected chi connectivity index (χ4v) is 4.59. The van der Waals surface area contributed by atoms with Crippen LogP contribution in [-0.4, -0.2) is 0 Å². The molecule has 0 spiro atoms. The number of allylic oxidation sites excluding steroid dienone is 8. The molecule has 0 N–H and O–H groups in total. The molecule has 0 aromatic carbocycles. The Morgan fingerprint density at radius 2 is 1.94 bits per heavy atom. The minimum absolute atomic E-state index is 0.252. The standard InChI is InChI=1S/C15H16I2/c1-15(2)13-7-9(16)3-5-11(13)12-6-4-10(17)8-14(12)15/h3,7-8,11H,4-6H2,1-2H3. The van der Waals surface area contributed by atoms with Gasteiger partial charge in [0.25, 0.3) is 0 Å². The van der Waals surface area contributed by atoms with E-state index in [0.29, 0.717) is 5.92 Å². The van der Waals surface area contributed by atoms with E-state index in [1.807, 2.05) is 0 Å². The molecule has 0 amide bonds. The third kappa shape index (κ3) is 1.90. The zero-order chi connectivity index (χ0) is 12.2. The van der Waals surface area contributed by atoms with Gasteiger partial charge in [0.2, 0.25) is 0 Å². The molecule has 0 aromatic rings. The predicted octanol–water partition coefficient (Wildman–Crippen LogP) is 5.70. The summed E-state index contributed by atoms with van der Waals surface area (Å²) in [4.78, 5) is 0. The van der Waals surface area contributed by atoms with Gasteiger partial charge in [-0.25, -0.2) is 0 Å². The van der Waals surface area contributed by atoms with Crippen LogP contribution in [0, 0.1) is 11.3 Å². The topological polar surface area (TPSA) is 0 Å². The van der Waals surface area contributed by atoms with Crippen LogP contribution in [0.15, 0.2) is 42.1 Å². The van der Waals surface area contributed by atoms with Gasteiger partial charge in [0.05, 0.1) is 0 Å². The van der Waals surface area contributed by atoms with Crippen LogP contribution < -0.4 is 0 Å². The smallest absolute Gasteiger partial charge is 0.0115 e. The normalized spacial score (nSPS) is 30.4. The maximum Gasteiger partial charge on any atom is 0.0115 e. The van der Waals surface area contributed by atoms with E-state index in [1.54, 1.807) is 16.7 Å². The number of hydrogen-bond acceptors (Lipinski definition) is 0. The van der Waals surface area contributed by atoms with Gasteiger partial charge in [-0.05, 0) is 85.7 Å². The zero-order valence-electron chi connectivity index (χ0n) is 10.2. The Kier molecular flexibility index (Phi) is 3.09. The molecule has 1 unspecified atom stereocenters. The van der Waals surface area contributed by atoms with Crippen molar-refractivity contribution in [2.45, 2.75) is 33.1 Å². The van der Waals surface area contributed by atoms with E-state index < -0.39 is 0 Å². The van der Waals surface area contributed by atoms with Gasteiger partial charge in [0.1, 0.15) is 0 Å². The lowest BCUT2D eigenvalue weighted by Crippen LogP contribution is -2.16. The highest BCUT2D eigenvalue weighted by atomic mass is 127. The van der Waals surface area contributed by atoms with Gasteiger partial charge < -0.3 is 0 Å². The fraction of sp³-hybridized carbons (Fsp3) is 0.467. The minimum Gasteiger partial charge on any atom is -0.0702 e. The lowest BCUT2D eigenvalue weighted by molar-refractivity contribution is 0.528. The second-order valence-corrected chi connectivity index (χ2v) is 8.26. The SMILES string of the molecule is CC1(C)C2=CC(I)=CCC2C2=C1C=C(I)CC2. The third-order valence-electron chi connectivity index (χ3n) is 4.31. The molecule has 17 heavy (non-hydrogen) atoms. The molecule has 0 saturated carbocycles. The highest BCUT2D eigenvalue weighted by Crippen LogP contribution is 2.57. The molecular formula is C15H16I2. The third-order valence-corrected chi connectivity index (χ3v) is 5.92. The molecule has 0 bridgehead atoms. The van der Waals surface area contributed by atoms with Crippen molar-refractivity contribution in [3.8, 4) is 0 Å². The summed E-state index contributed by atoms with van der Waals surface area (Å²) in [7, 11) is 0. The highest BCUT2D eigenvalue weighted by Gasteiger charge is 2.43. The van der Waals surface area contributed by atoms with E-state index in [9.17, 15) is 0 Å². The first kappa shape index (κ1) is 12.5. The van der Waals surface area contributed by atoms with Crippen molar-refractivity contribution in [2.24, 2.45) is 11.3 Å². The average molecular weight is 450 g/mol. The monoisotopic (exact) mass is 450 g/mol. The van der Waals surface area contributed by atoms with Gasteiger partial charge in [0, 0.05) is 14.9 Å². The summed E-state index contributed by atoms with van der Waals surface area (Å²) >= 11 is 4.96. The minimum atomic E-state index is 0.252. The summed E-state index contributed by atoms with van der Waals surface area (Å²) in [5, 5.41) is 0. The van der Waals surface area contributed by atoms with E-state index >= 15 is 0 Å². The number of hydrogen-bond donors (Lipinski definition) is 0. The van der Waals surface area contributed by atoms with E-state index in [1.165, 1.54) is 26.4 Å². The molecule has 0 radical (unpaired) electrons. The van der Waals surface area contributed by atoms with Crippen LogP contribution in [0.3, 0.4) is 0 Å². The first-order chi connectivity index (χ1) is 8.00. The molecule has 0 heterocycles. The fourth-order valence-electron chi connectivity index (χ4n) is 3.42. The quantitative estimate of drug-likeness (QED) is 0.416. The maximum absolute atomic E-state index is 2.50. The van der Waals surface area contributed by atoms with Crippen LogP contribution in [-0.2, 0) is 0 Å². The molecule has 0 fully saturated rings. The summed E-state index contributed by atoms with van der Waals surface area (Å²) in [5.74, 6) is 0.708. The van der Waals surface area contributed by atoms with Crippen LogP contribution in [0.5, 0.6) is 0 Å². The first-order valence-corrected chi connectivity index (χ1v) is 8.33. The van der Waals surface area contributed by atoms with Crippen molar-refractivity contribution in [2.75, 3.05) is 0 Å². The molecule has 0 saturated heterocycles. The Morgan fingerprint density at radius 3 is 2.71 bits per heavy atom. The summed E-state index contributed by atoms with van der Waals surface area (Å²) in [6.45, 7) is 4.80. The summed E-state index contributed by atoms with van der Waals surface area (Å²) < 4.78 is 2.94. The van der Waals surface area contributed by atoms with E-state index in [2.05, 4.69) is 77.3 Å². The van der Waals surface area contributed by atoms with E-state index in [-0.39, 0.29) is 5.41 Å². The van der Waals surface area contributed by atoms with Gasteiger partial charge in [-0.3, -0.25) is 0 Å². The Hall–Kier alpha value is 0.420. The van der Waals surface area contributed by atoms with Crippen molar-refractivity contribution in [3.05, 3.63) is 42.1 Å². The van der Waals surface area contributed by atoms with Crippen molar-refractivity contribution < 1.29 is 0 Å². The molecule has 3 aliphatic rings. The van der Waals surface area contributed by atoms with Crippen LogP contribution in [0.25, 0.3) is 0 Å². The van der Waals surface area contributed by atoms with Crippen molar-refractivity contribution in [1.82, 2.24) is 0 Å². The summed E-state index contributed by atoms with van der Waals surface area (Å²) in [6.07, 6.45) is 11.0. The largest absolute Gasteiger partial charge is 0.0702 e. The van der Waals surface area contributed by atoms with Gasteiger partial charge >= 0.3 is 0 Å². The Bertz CT molecular complexity index is 501. The Balaban J connectivity index is 2.14. The van der Waals surface area contributed by atoms with Crippen LogP contribution in [0.1, 0.15) is 33.1 Å². The van der Waals surface area contributed by atoms with E-state index in [4.69, 9.17) is 0 Å². The Labute approximate surface area is 131 Å². The predicted molar refractivity (Wildman–Crippen MR) is 90.4 cm³/mol. The Morgan fingerprint density at radius 1 is 1.18 bits per heavy atom. The highest BCUT2D eigenvalue weighted by molar-refractivity contribution is 14.1. The molecule has 1 atom stereocenters. The summed E-state index contributed by atoms with van der Waals surface area (Å²) in [5.41, 5.74) is 5.24. The summed E-state index contributed by atoms with van der Waals surface area (Å²) in [6, 6.07) is 0. The molecule has 3 rings (SSSR count). The molecule has 0 nitrogen and oxygen atoms in total. The lowest BCUT2D eigenvalue weighted by Gasteiger charge is -2.27. The first-order valence-electron chi connectivity index (χ1n) is 6.17. The van der Waals surface area contributed by atoms with Gasteiger partial charge in [-0.2, -0.15) is 0 Å². The van der Waals surface area contributed by atoms with Gasteiger partial charge in [-0.15, -0.1) is 0 Å². The number of halogens is 2. The van der Waals surface area contributed by atoms with Crippen LogP contribution >= 0.6 is 45.2 Å². The molecule has 90 valence electrons. The van der Waals surface area contributed by atoms with Crippen LogP contribution in [0.4, 0.5) is 0 Å². The number of fused-ring (bicyclic) bond motifs is 2. The zero-order valence-corrected chi connectivity index (χ0v) is 14.5. The second kappa shape index (κ2) is 4.22. The second-order valence-electron chi connectivity index (χ2n) is 5.63. The van der Waals surface area contributed by atoms with Crippen molar-refractivity contribution in [3.63, 3.8) is 0 Å².